The lowest BCUT2D eigenvalue weighted by molar-refractivity contribution is -0.384. The molecule has 0 saturated heterocycles. The number of amides is 1. The molecule has 0 N–H and O–H groups in total. The standard InChI is InChI=1S/C28H20N2O4/c1-19-6-5-9-24(16-19)29-26(20-7-3-2-4-8-20)18-22(28(29)31)17-25-14-15-27(34-25)21-10-12-23(13-11-21)30(32)33/h2-18H,1H3. The van der Waals surface area contributed by atoms with Crippen LogP contribution >= 0.6 is 0 Å². The summed E-state index contributed by atoms with van der Waals surface area (Å²) in [7, 11) is 0. The van der Waals surface area contributed by atoms with Crippen LogP contribution in [0.4, 0.5) is 11.4 Å². The number of hydrogen-bond donors (Lipinski definition) is 0. The zero-order chi connectivity index (χ0) is 23.7. The summed E-state index contributed by atoms with van der Waals surface area (Å²) >= 11 is 0. The van der Waals surface area contributed by atoms with Gasteiger partial charge in [-0.1, -0.05) is 42.5 Å². The SMILES string of the molecule is Cc1cccc(N2C(=O)C(=Cc3ccc(-c4ccc([N+](=O)[O-])cc4)o3)C=C2c2ccccc2)c1. The molecule has 0 fully saturated rings. The van der Waals surface area contributed by atoms with Gasteiger partial charge < -0.3 is 4.42 Å². The first-order chi connectivity index (χ1) is 16.5. The van der Waals surface area contributed by atoms with Crippen molar-refractivity contribution in [3.8, 4) is 11.3 Å². The molecule has 4 aromatic rings. The maximum absolute atomic E-state index is 13.5. The van der Waals surface area contributed by atoms with Gasteiger partial charge in [0.25, 0.3) is 11.6 Å². The molecular formula is C28H20N2O4. The molecular weight excluding hydrogens is 428 g/mol. The predicted octanol–water partition coefficient (Wildman–Crippen LogP) is 6.63. The van der Waals surface area contributed by atoms with E-state index in [0.29, 0.717) is 17.1 Å². The number of hydrogen-bond acceptors (Lipinski definition) is 4. The summed E-state index contributed by atoms with van der Waals surface area (Å²) in [5.41, 5.74) is 4.84. The first-order valence-electron chi connectivity index (χ1n) is 10.7. The number of rotatable bonds is 5. The molecule has 34 heavy (non-hydrogen) atoms. The molecule has 0 spiro atoms. The normalized spacial score (nSPS) is 14.5. The highest BCUT2D eigenvalue weighted by atomic mass is 16.6. The molecule has 1 aromatic heterocycles. The highest BCUT2D eigenvalue weighted by Crippen LogP contribution is 2.36. The second-order valence-electron chi connectivity index (χ2n) is 7.98. The van der Waals surface area contributed by atoms with Gasteiger partial charge >= 0.3 is 0 Å². The maximum atomic E-state index is 13.5. The van der Waals surface area contributed by atoms with Crippen molar-refractivity contribution in [3.63, 3.8) is 0 Å². The van der Waals surface area contributed by atoms with E-state index in [-0.39, 0.29) is 11.6 Å². The molecule has 3 aromatic carbocycles. The molecule has 0 bridgehead atoms. The zero-order valence-corrected chi connectivity index (χ0v) is 18.3. The quantitative estimate of drug-likeness (QED) is 0.195. The number of benzene rings is 3. The molecule has 0 atom stereocenters. The van der Waals surface area contributed by atoms with Crippen LogP contribution in [0.15, 0.2) is 107 Å². The number of furan rings is 1. The maximum Gasteiger partial charge on any atom is 0.269 e. The number of nitro benzene ring substituents is 1. The van der Waals surface area contributed by atoms with Crippen molar-refractivity contribution in [1.82, 2.24) is 0 Å². The summed E-state index contributed by atoms with van der Waals surface area (Å²) in [4.78, 5) is 25.6. The minimum absolute atomic E-state index is 0.0176. The lowest BCUT2D eigenvalue weighted by Crippen LogP contribution is -2.24. The molecule has 6 nitrogen and oxygen atoms in total. The average molecular weight is 448 g/mol. The third kappa shape index (κ3) is 4.04. The van der Waals surface area contributed by atoms with E-state index in [0.717, 1.165) is 28.1 Å². The summed E-state index contributed by atoms with van der Waals surface area (Å²) in [5, 5.41) is 10.9. The van der Waals surface area contributed by atoms with Gasteiger partial charge in [-0.25, -0.2) is 0 Å². The number of carbonyl (C=O) groups excluding carboxylic acids is 1. The van der Waals surface area contributed by atoms with Crippen LogP contribution in [0.2, 0.25) is 0 Å². The highest BCUT2D eigenvalue weighted by Gasteiger charge is 2.30. The van der Waals surface area contributed by atoms with Gasteiger partial charge in [0.05, 0.1) is 10.6 Å². The molecule has 5 rings (SSSR count). The zero-order valence-electron chi connectivity index (χ0n) is 18.3. The van der Waals surface area contributed by atoms with Gasteiger partial charge in [-0.2, -0.15) is 0 Å². The Balaban J connectivity index is 1.51. The van der Waals surface area contributed by atoms with Gasteiger partial charge in [0.2, 0.25) is 0 Å². The molecule has 0 unspecified atom stereocenters. The summed E-state index contributed by atoms with van der Waals surface area (Å²) < 4.78 is 5.94. The number of aryl methyl sites for hydroxylation is 1. The summed E-state index contributed by atoms with van der Waals surface area (Å²) in [6, 6.07) is 27.3. The Labute approximate surface area is 196 Å². The molecule has 1 aliphatic rings. The predicted molar refractivity (Wildman–Crippen MR) is 132 cm³/mol. The van der Waals surface area contributed by atoms with Gasteiger partial charge in [-0.15, -0.1) is 0 Å². The van der Waals surface area contributed by atoms with Gasteiger partial charge in [0, 0.05) is 29.0 Å². The molecule has 6 heteroatoms. The first-order valence-corrected chi connectivity index (χ1v) is 10.7. The first kappa shape index (κ1) is 21.2. The second kappa shape index (κ2) is 8.67. The highest BCUT2D eigenvalue weighted by molar-refractivity contribution is 6.23. The molecule has 2 heterocycles. The Morgan fingerprint density at radius 2 is 1.65 bits per heavy atom. The van der Waals surface area contributed by atoms with Crippen LogP contribution < -0.4 is 4.90 Å². The molecule has 0 saturated carbocycles. The van der Waals surface area contributed by atoms with E-state index in [2.05, 4.69) is 0 Å². The number of anilines is 1. The van der Waals surface area contributed by atoms with Crippen LogP contribution in [0, 0.1) is 17.0 Å². The monoisotopic (exact) mass is 448 g/mol. The number of non-ortho nitro benzene ring substituents is 1. The van der Waals surface area contributed by atoms with Gasteiger partial charge in [-0.3, -0.25) is 19.8 Å². The van der Waals surface area contributed by atoms with Crippen LogP contribution in [0.25, 0.3) is 23.1 Å². The lowest BCUT2D eigenvalue weighted by atomic mass is 10.1. The van der Waals surface area contributed by atoms with Crippen LogP contribution in [0.3, 0.4) is 0 Å². The Morgan fingerprint density at radius 3 is 2.35 bits per heavy atom. The third-order valence-corrected chi connectivity index (χ3v) is 5.60. The van der Waals surface area contributed by atoms with Crippen LogP contribution in [0.1, 0.15) is 16.9 Å². The smallest absolute Gasteiger partial charge is 0.269 e. The summed E-state index contributed by atoms with van der Waals surface area (Å²) in [5.74, 6) is 0.944. The fourth-order valence-corrected chi connectivity index (χ4v) is 3.95. The van der Waals surface area contributed by atoms with Crippen molar-refractivity contribution in [2.45, 2.75) is 6.92 Å². The van der Waals surface area contributed by atoms with E-state index in [1.165, 1.54) is 12.1 Å². The number of carbonyl (C=O) groups is 1. The molecule has 0 aliphatic carbocycles. The average Bonchev–Trinajstić information content (AvgIpc) is 3.45. The van der Waals surface area contributed by atoms with E-state index in [1.54, 1.807) is 35.2 Å². The number of nitrogens with zero attached hydrogens (tertiary/aromatic N) is 2. The van der Waals surface area contributed by atoms with E-state index < -0.39 is 4.92 Å². The fraction of sp³-hybridized carbons (Fsp3) is 0.0357. The van der Waals surface area contributed by atoms with Gasteiger partial charge in [-0.05, 0) is 66.6 Å². The lowest BCUT2D eigenvalue weighted by Gasteiger charge is -2.21. The third-order valence-electron chi connectivity index (χ3n) is 5.60. The summed E-state index contributed by atoms with van der Waals surface area (Å²) in [6.07, 6.45) is 3.59. The molecule has 1 aliphatic heterocycles. The van der Waals surface area contributed by atoms with E-state index in [1.807, 2.05) is 67.6 Å². The second-order valence-corrected chi connectivity index (χ2v) is 7.98. The van der Waals surface area contributed by atoms with Crippen LogP contribution in [0.5, 0.6) is 0 Å². The minimum Gasteiger partial charge on any atom is -0.457 e. The minimum atomic E-state index is -0.440. The molecule has 1 amide bonds. The van der Waals surface area contributed by atoms with Gasteiger partial charge in [0.15, 0.2) is 0 Å². The summed E-state index contributed by atoms with van der Waals surface area (Å²) in [6.45, 7) is 2.00. The van der Waals surface area contributed by atoms with Crippen LogP contribution in [-0.4, -0.2) is 10.8 Å². The van der Waals surface area contributed by atoms with Crippen LogP contribution in [-0.2, 0) is 4.79 Å². The van der Waals surface area contributed by atoms with E-state index in [4.69, 9.17) is 4.42 Å². The number of nitro groups is 1. The Hall–Kier alpha value is -4.71. The fourth-order valence-electron chi connectivity index (χ4n) is 3.95. The van der Waals surface area contributed by atoms with Crippen molar-refractivity contribution in [2.24, 2.45) is 0 Å². The van der Waals surface area contributed by atoms with Crippen molar-refractivity contribution in [1.29, 1.82) is 0 Å². The molecule has 166 valence electrons. The van der Waals surface area contributed by atoms with Gasteiger partial charge in [0.1, 0.15) is 11.5 Å². The van der Waals surface area contributed by atoms with Crippen molar-refractivity contribution >= 4 is 29.1 Å². The topological polar surface area (TPSA) is 76.6 Å². The Bertz CT molecular complexity index is 1450. The largest absolute Gasteiger partial charge is 0.457 e. The Morgan fingerprint density at radius 1 is 0.882 bits per heavy atom. The Kier molecular flexibility index (Phi) is 5.40. The molecule has 0 radical (unpaired) electrons. The van der Waals surface area contributed by atoms with Crippen molar-refractivity contribution in [2.75, 3.05) is 4.90 Å². The van der Waals surface area contributed by atoms with E-state index in [9.17, 15) is 14.9 Å². The van der Waals surface area contributed by atoms with E-state index >= 15 is 0 Å². The van der Waals surface area contributed by atoms with Crippen molar-refractivity contribution < 1.29 is 14.1 Å². The van der Waals surface area contributed by atoms with Crippen molar-refractivity contribution in [3.05, 3.63) is 130 Å².